The van der Waals surface area contributed by atoms with E-state index < -0.39 is 0 Å². The summed E-state index contributed by atoms with van der Waals surface area (Å²) < 4.78 is 0. The molecule has 0 unspecified atom stereocenters. The van der Waals surface area contributed by atoms with Gasteiger partial charge in [-0.2, -0.15) is 0 Å². The smallest absolute Gasteiger partial charge is 0.262 e. The number of halogens is 1. The maximum Gasteiger partial charge on any atom is 0.262 e. The van der Waals surface area contributed by atoms with Crippen LogP contribution in [0.1, 0.15) is 23.5 Å². The molecule has 0 spiro atoms. The number of amides is 1. The Hall–Kier alpha value is -0.230. The zero-order chi connectivity index (χ0) is 12.0. The second-order valence-electron chi connectivity index (χ2n) is 3.49. The molecule has 0 radical (unpaired) electrons. The molecule has 1 atom stereocenters. The van der Waals surface area contributed by atoms with Crippen LogP contribution in [0.4, 0.5) is 0 Å². The van der Waals surface area contributed by atoms with Crippen molar-refractivity contribution < 1.29 is 4.79 Å². The molecule has 17 heavy (non-hydrogen) atoms. The molecule has 1 aromatic heterocycles. The normalized spacial score (nSPS) is 11.7. The lowest BCUT2D eigenvalue weighted by molar-refractivity contribution is 0.0951. The molecule has 0 aliphatic rings. The van der Waals surface area contributed by atoms with E-state index >= 15 is 0 Å². The SMILES string of the molecule is CCN[C@H](C)CNC(=O)c1sccc1SC.Cl. The topological polar surface area (TPSA) is 41.1 Å². The maximum absolute atomic E-state index is 11.9. The Balaban J connectivity index is 0.00000256. The predicted octanol–water partition coefficient (Wildman–Crippen LogP) is 2.62. The Morgan fingerprint density at radius 3 is 2.88 bits per heavy atom. The van der Waals surface area contributed by atoms with Gasteiger partial charge in [0.05, 0.1) is 0 Å². The Morgan fingerprint density at radius 1 is 1.59 bits per heavy atom. The van der Waals surface area contributed by atoms with Crippen molar-refractivity contribution in [1.29, 1.82) is 0 Å². The summed E-state index contributed by atoms with van der Waals surface area (Å²) in [5, 5.41) is 8.15. The van der Waals surface area contributed by atoms with E-state index in [4.69, 9.17) is 0 Å². The summed E-state index contributed by atoms with van der Waals surface area (Å²) in [4.78, 5) is 13.7. The zero-order valence-electron chi connectivity index (χ0n) is 10.3. The van der Waals surface area contributed by atoms with Gasteiger partial charge >= 0.3 is 0 Å². The molecular weight excluding hydrogens is 276 g/mol. The Morgan fingerprint density at radius 2 is 2.29 bits per heavy atom. The summed E-state index contributed by atoms with van der Waals surface area (Å²) in [6.45, 7) is 5.71. The third-order valence-corrected chi connectivity index (χ3v) is 4.00. The number of thiophene rings is 1. The van der Waals surface area contributed by atoms with Gasteiger partial charge in [-0.25, -0.2) is 0 Å². The molecule has 0 saturated heterocycles. The molecule has 1 heterocycles. The lowest BCUT2D eigenvalue weighted by Gasteiger charge is -2.12. The van der Waals surface area contributed by atoms with Crippen molar-refractivity contribution in [1.82, 2.24) is 10.6 Å². The van der Waals surface area contributed by atoms with Crippen molar-refractivity contribution in [2.24, 2.45) is 0 Å². The number of rotatable bonds is 6. The third kappa shape index (κ3) is 5.29. The first-order chi connectivity index (χ1) is 7.69. The fourth-order valence-corrected chi connectivity index (χ4v) is 3.04. The van der Waals surface area contributed by atoms with Crippen LogP contribution in [0.3, 0.4) is 0 Å². The molecule has 0 bridgehead atoms. The quantitative estimate of drug-likeness (QED) is 0.793. The predicted molar refractivity (Wildman–Crippen MR) is 78.8 cm³/mol. The Bertz CT molecular complexity index is 344. The molecule has 98 valence electrons. The third-order valence-electron chi connectivity index (χ3n) is 2.18. The van der Waals surface area contributed by atoms with Crippen molar-refractivity contribution in [2.75, 3.05) is 19.3 Å². The van der Waals surface area contributed by atoms with Gasteiger partial charge < -0.3 is 10.6 Å². The number of thioether (sulfide) groups is 1. The average molecular weight is 295 g/mol. The van der Waals surface area contributed by atoms with E-state index in [1.165, 1.54) is 11.3 Å². The van der Waals surface area contributed by atoms with Gasteiger partial charge in [0, 0.05) is 17.5 Å². The van der Waals surface area contributed by atoms with Gasteiger partial charge in [0.2, 0.25) is 0 Å². The largest absolute Gasteiger partial charge is 0.350 e. The fraction of sp³-hybridized carbons (Fsp3) is 0.545. The number of nitrogens with one attached hydrogen (secondary N) is 2. The van der Waals surface area contributed by atoms with Crippen molar-refractivity contribution in [3.05, 3.63) is 16.3 Å². The zero-order valence-corrected chi connectivity index (χ0v) is 12.7. The first-order valence-electron chi connectivity index (χ1n) is 5.32. The highest BCUT2D eigenvalue weighted by Gasteiger charge is 2.12. The summed E-state index contributed by atoms with van der Waals surface area (Å²) in [5.74, 6) is 0.0316. The maximum atomic E-state index is 11.9. The van der Waals surface area contributed by atoms with Crippen molar-refractivity contribution in [3.63, 3.8) is 0 Å². The van der Waals surface area contributed by atoms with Crippen LogP contribution in [0.25, 0.3) is 0 Å². The van der Waals surface area contributed by atoms with Crippen LogP contribution < -0.4 is 10.6 Å². The Kier molecular flexibility index (Phi) is 8.68. The van der Waals surface area contributed by atoms with E-state index in [0.717, 1.165) is 16.3 Å². The standard InChI is InChI=1S/C11H18N2OS2.ClH/c1-4-12-8(2)7-13-11(14)10-9(15-3)5-6-16-10;/h5-6,8,12H,4,7H2,1-3H3,(H,13,14);1H/t8-;/m1./s1. The van der Waals surface area contributed by atoms with Crippen molar-refractivity contribution >= 4 is 41.4 Å². The molecule has 1 aromatic rings. The number of carbonyl (C=O) groups is 1. The summed E-state index contributed by atoms with van der Waals surface area (Å²) in [7, 11) is 0. The number of hydrogen-bond donors (Lipinski definition) is 2. The molecule has 0 aliphatic heterocycles. The minimum Gasteiger partial charge on any atom is -0.350 e. The van der Waals surface area contributed by atoms with Crippen molar-refractivity contribution in [2.45, 2.75) is 24.8 Å². The highest BCUT2D eigenvalue weighted by atomic mass is 35.5. The fourth-order valence-electron chi connectivity index (χ4n) is 1.37. The van der Waals surface area contributed by atoms with Gasteiger partial charge in [0.15, 0.2) is 0 Å². The number of likely N-dealkylation sites (N-methyl/N-ethyl adjacent to an activating group) is 1. The summed E-state index contributed by atoms with van der Waals surface area (Å²) in [5.41, 5.74) is 0. The van der Waals surface area contributed by atoms with Gasteiger partial charge in [-0.1, -0.05) is 6.92 Å². The minimum atomic E-state index is 0. The highest BCUT2D eigenvalue weighted by Crippen LogP contribution is 2.25. The van der Waals surface area contributed by atoms with Crippen molar-refractivity contribution in [3.8, 4) is 0 Å². The first-order valence-corrected chi connectivity index (χ1v) is 7.42. The van der Waals surface area contributed by atoms with Gasteiger partial charge in [0.1, 0.15) is 4.88 Å². The van der Waals surface area contributed by atoms with Crippen LogP contribution in [-0.4, -0.2) is 31.3 Å². The molecule has 0 saturated carbocycles. The van der Waals surface area contributed by atoms with Crippen LogP contribution in [0.15, 0.2) is 16.3 Å². The van der Waals surface area contributed by atoms with Crippen LogP contribution in [0.5, 0.6) is 0 Å². The lowest BCUT2D eigenvalue weighted by atomic mass is 10.3. The second-order valence-corrected chi connectivity index (χ2v) is 5.25. The summed E-state index contributed by atoms with van der Waals surface area (Å²) in [6, 6.07) is 2.30. The molecule has 0 aliphatic carbocycles. The van der Waals surface area contributed by atoms with E-state index in [1.54, 1.807) is 11.8 Å². The monoisotopic (exact) mass is 294 g/mol. The molecule has 2 N–H and O–H groups in total. The molecule has 1 amide bonds. The molecule has 1 rings (SSSR count). The van der Waals surface area contributed by atoms with Crippen LogP contribution in [0.2, 0.25) is 0 Å². The summed E-state index contributed by atoms with van der Waals surface area (Å²) in [6.07, 6.45) is 1.99. The molecular formula is C11H19ClN2OS2. The van der Waals surface area contributed by atoms with Crippen LogP contribution in [0, 0.1) is 0 Å². The van der Waals surface area contributed by atoms with E-state index in [9.17, 15) is 4.79 Å². The highest BCUT2D eigenvalue weighted by molar-refractivity contribution is 7.98. The second kappa shape index (κ2) is 8.80. The van der Waals surface area contributed by atoms with Gasteiger partial charge in [-0.05, 0) is 31.2 Å². The van der Waals surface area contributed by atoms with Crippen LogP contribution >= 0.6 is 35.5 Å². The molecule has 3 nitrogen and oxygen atoms in total. The van der Waals surface area contributed by atoms with Gasteiger partial charge in [-0.3, -0.25) is 4.79 Å². The van der Waals surface area contributed by atoms with E-state index in [-0.39, 0.29) is 18.3 Å². The number of carbonyl (C=O) groups excluding carboxylic acids is 1. The summed E-state index contributed by atoms with van der Waals surface area (Å²) >= 11 is 3.10. The molecule has 0 aromatic carbocycles. The van der Waals surface area contributed by atoms with E-state index in [0.29, 0.717) is 12.6 Å². The number of hydrogen-bond acceptors (Lipinski definition) is 4. The Labute approximate surface area is 117 Å². The average Bonchev–Trinajstić information content (AvgIpc) is 2.74. The van der Waals surface area contributed by atoms with E-state index in [2.05, 4.69) is 24.5 Å². The molecule has 6 heteroatoms. The lowest BCUT2D eigenvalue weighted by Crippen LogP contribution is -2.38. The molecule has 0 fully saturated rings. The minimum absolute atomic E-state index is 0. The first kappa shape index (κ1) is 16.8. The van der Waals surface area contributed by atoms with E-state index in [1.807, 2.05) is 17.7 Å². The van der Waals surface area contributed by atoms with Gasteiger partial charge in [-0.15, -0.1) is 35.5 Å². The van der Waals surface area contributed by atoms with Gasteiger partial charge in [0.25, 0.3) is 5.91 Å². The van der Waals surface area contributed by atoms with Crippen LogP contribution in [-0.2, 0) is 0 Å².